The van der Waals surface area contributed by atoms with Crippen LogP contribution in [0.4, 0.5) is 24.5 Å². The number of hydroxylamine groups is 1. The summed E-state index contributed by atoms with van der Waals surface area (Å²) in [6, 6.07) is 3.51. The molecule has 1 aromatic carbocycles. The molecule has 0 spiro atoms. The van der Waals surface area contributed by atoms with Gasteiger partial charge in [0.1, 0.15) is 5.69 Å². The topological polar surface area (TPSA) is 99.0 Å². The first-order valence-electron chi connectivity index (χ1n) is 6.53. The van der Waals surface area contributed by atoms with Gasteiger partial charge in [-0.3, -0.25) is 20.1 Å². The van der Waals surface area contributed by atoms with Crippen molar-refractivity contribution in [1.29, 1.82) is 0 Å². The fourth-order valence-electron chi connectivity index (χ4n) is 2.34. The van der Waals surface area contributed by atoms with Crippen LogP contribution in [-0.2, 0) is 0 Å². The molecule has 1 fully saturated rings. The van der Waals surface area contributed by atoms with E-state index in [0.29, 0.717) is 4.90 Å². The van der Waals surface area contributed by atoms with Gasteiger partial charge in [-0.05, 0) is 12.1 Å². The zero-order valence-corrected chi connectivity index (χ0v) is 11.7. The van der Waals surface area contributed by atoms with Crippen LogP contribution < -0.4 is 10.4 Å². The summed E-state index contributed by atoms with van der Waals surface area (Å²) >= 11 is 0. The molecule has 1 saturated heterocycles. The van der Waals surface area contributed by atoms with Gasteiger partial charge in [0.05, 0.1) is 4.92 Å². The maximum atomic E-state index is 12.6. The predicted molar refractivity (Wildman–Crippen MR) is 72.2 cm³/mol. The molecule has 1 aliphatic rings. The molecular weight excluding hydrogens is 321 g/mol. The molecule has 0 aromatic heterocycles. The first-order valence-corrected chi connectivity index (χ1v) is 6.53. The smallest absolute Gasteiger partial charge is 0.363 e. The largest absolute Gasteiger partial charge is 0.460 e. The van der Waals surface area contributed by atoms with Crippen LogP contribution in [0.1, 0.15) is 10.4 Å². The van der Waals surface area contributed by atoms with Gasteiger partial charge >= 0.3 is 6.30 Å². The molecular formula is C12H13F3N4O4. The number of nitrogens with zero attached hydrogens (tertiary/aromatic N) is 3. The third-order valence-corrected chi connectivity index (χ3v) is 3.51. The van der Waals surface area contributed by atoms with Gasteiger partial charge < -0.3 is 4.90 Å². The quantitative estimate of drug-likeness (QED) is 0.375. The number of nitrogens with one attached hydrogen (secondary N) is 1. The van der Waals surface area contributed by atoms with Crippen molar-refractivity contribution >= 4 is 17.3 Å². The van der Waals surface area contributed by atoms with E-state index in [9.17, 15) is 28.1 Å². The Morgan fingerprint density at radius 1 is 1.26 bits per heavy atom. The van der Waals surface area contributed by atoms with Crippen molar-refractivity contribution in [3.05, 3.63) is 33.9 Å². The van der Waals surface area contributed by atoms with Crippen molar-refractivity contribution in [2.45, 2.75) is 6.30 Å². The number of hydrogen-bond donors (Lipinski definition) is 2. The molecule has 1 amide bonds. The molecule has 0 atom stereocenters. The minimum absolute atomic E-state index is 0.0358. The Balaban J connectivity index is 2.23. The fourth-order valence-corrected chi connectivity index (χ4v) is 2.34. The number of nitro groups is 1. The Kier molecular flexibility index (Phi) is 4.71. The van der Waals surface area contributed by atoms with Gasteiger partial charge in [-0.2, -0.15) is 13.2 Å². The van der Waals surface area contributed by atoms with Gasteiger partial charge in [0, 0.05) is 37.8 Å². The average Bonchev–Trinajstić information content (AvgIpc) is 2.52. The lowest BCUT2D eigenvalue weighted by molar-refractivity contribution is -0.384. The van der Waals surface area contributed by atoms with Crippen molar-refractivity contribution in [2.24, 2.45) is 0 Å². The number of rotatable bonds is 3. The average molecular weight is 334 g/mol. The Bertz CT molecular complexity index is 615. The third kappa shape index (κ3) is 3.68. The number of amides is 1. The molecule has 0 bridgehead atoms. The zero-order chi connectivity index (χ0) is 17.2. The van der Waals surface area contributed by atoms with Crippen molar-refractivity contribution in [2.75, 3.05) is 31.1 Å². The highest BCUT2D eigenvalue weighted by atomic mass is 19.4. The third-order valence-electron chi connectivity index (χ3n) is 3.51. The maximum Gasteiger partial charge on any atom is 0.460 e. The Labute approximate surface area is 128 Å². The van der Waals surface area contributed by atoms with Gasteiger partial charge in [0.15, 0.2) is 0 Å². The van der Waals surface area contributed by atoms with Crippen molar-refractivity contribution in [3.8, 4) is 0 Å². The van der Waals surface area contributed by atoms with Crippen molar-refractivity contribution in [3.63, 3.8) is 0 Å². The number of benzene rings is 1. The van der Waals surface area contributed by atoms with E-state index in [0.717, 1.165) is 6.07 Å². The number of halogens is 3. The second kappa shape index (κ2) is 6.38. The Morgan fingerprint density at radius 3 is 2.35 bits per heavy atom. The predicted octanol–water partition coefficient (Wildman–Crippen LogP) is 1.36. The molecule has 1 aliphatic heterocycles. The summed E-state index contributed by atoms with van der Waals surface area (Å²) in [4.78, 5) is 23.5. The van der Waals surface area contributed by atoms with Gasteiger partial charge in [-0.25, -0.2) is 10.4 Å². The number of hydrogen-bond acceptors (Lipinski definition) is 6. The normalized spacial score (nSPS) is 16.3. The summed E-state index contributed by atoms with van der Waals surface area (Å²) in [6.45, 7) is -0.684. The number of nitro benzene ring substituents is 1. The minimum atomic E-state index is -4.43. The molecule has 2 rings (SSSR count). The molecule has 1 aromatic rings. The first-order chi connectivity index (χ1) is 10.7. The van der Waals surface area contributed by atoms with E-state index in [2.05, 4.69) is 0 Å². The van der Waals surface area contributed by atoms with Crippen LogP contribution in [0.25, 0.3) is 0 Å². The molecule has 0 unspecified atom stereocenters. The van der Waals surface area contributed by atoms with Crippen LogP contribution in [0.15, 0.2) is 18.2 Å². The van der Waals surface area contributed by atoms with Crippen LogP contribution >= 0.6 is 0 Å². The van der Waals surface area contributed by atoms with Gasteiger partial charge in [-0.1, -0.05) is 0 Å². The monoisotopic (exact) mass is 334 g/mol. The fraction of sp³-hybridized carbons (Fsp3) is 0.417. The molecule has 11 heteroatoms. The Hall–Kier alpha value is -2.40. The Morgan fingerprint density at radius 2 is 1.87 bits per heavy atom. The molecule has 1 heterocycles. The zero-order valence-electron chi connectivity index (χ0n) is 11.7. The van der Waals surface area contributed by atoms with Crippen LogP contribution in [0.3, 0.4) is 0 Å². The van der Waals surface area contributed by atoms with Crippen LogP contribution in [0.2, 0.25) is 0 Å². The lowest BCUT2D eigenvalue weighted by atomic mass is 10.1. The summed E-state index contributed by atoms with van der Waals surface area (Å²) in [5.41, 5.74) is 0.954. The van der Waals surface area contributed by atoms with Gasteiger partial charge in [0.25, 0.3) is 11.6 Å². The van der Waals surface area contributed by atoms with E-state index in [1.807, 2.05) is 0 Å². The molecule has 2 N–H and O–H groups in total. The summed E-state index contributed by atoms with van der Waals surface area (Å²) in [5.74, 6) is -0.915. The lowest BCUT2D eigenvalue weighted by Crippen LogP contribution is -2.52. The van der Waals surface area contributed by atoms with Gasteiger partial charge in [-0.15, -0.1) is 0 Å². The summed E-state index contributed by atoms with van der Waals surface area (Å²) in [5, 5.41) is 19.7. The summed E-state index contributed by atoms with van der Waals surface area (Å²) < 4.78 is 37.8. The summed E-state index contributed by atoms with van der Waals surface area (Å²) in [6.07, 6.45) is -4.43. The number of piperazine rings is 1. The van der Waals surface area contributed by atoms with E-state index in [4.69, 9.17) is 5.21 Å². The SMILES string of the molecule is O=C(NO)c1ccc(N2CCN(C(F)(F)F)CC2)c([N+](=O)[O-])c1. The number of anilines is 1. The lowest BCUT2D eigenvalue weighted by Gasteiger charge is -2.36. The molecule has 8 nitrogen and oxygen atoms in total. The second-order valence-corrected chi connectivity index (χ2v) is 4.84. The van der Waals surface area contributed by atoms with E-state index in [1.165, 1.54) is 22.5 Å². The highest BCUT2D eigenvalue weighted by molar-refractivity contribution is 5.95. The van der Waals surface area contributed by atoms with Crippen LogP contribution in [0.5, 0.6) is 0 Å². The van der Waals surface area contributed by atoms with Gasteiger partial charge in [0.2, 0.25) is 0 Å². The number of carbonyl (C=O) groups is 1. The highest BCUT2D eigenvalue weighted by Crippen LogP contribution is 2.31. The van der Waals surface area contributed by atoms with E-state index < -0.39 is 22.8 Å². The first kappa shape index (κ1) is 17.0. The van der Waals surface area contributed by atoms with Crippen LogP contribution in [-0.4, -0.2) is 53.4 Å². The molecule has 23 heavy (non-hydrogen) atoms. The highest BCUT2D eigenvalue weighted by Gasteiger charge is 2.39. The number of alkyl halides is 3. The van der Waals surface area contributed by atoms with Crippen LogP contribution in [0, 0.1) is 10.1 Å². The van der Waals surface area contributed by atoms with E-state index in [1.54, 1.807) is 0 Å². The standard InChI is InChI=1S/C12H13F3N4O4/c13-12(14,15)18-5-3-17(4-6-18)9-2-1-8(11(20)16-21)7-10(9)19(22)23/h1-2,7,21H,3-6H2,(H,16,20). The van der Waals surface area contributed by atoms with E-state index in [-0.39, 0.29) is 37.4 Å². The summed E-state index contributed by atoms with van der Waals surface area (Å²) in [7, 11) is 0. The van der Waals surface area contributed by atoms with E-state index >= 15 is 0 Å². The molecule has 0 saturated carbocycles. The second-order valence-electron chi connectivity index (χ2n) is 4.84. The molecule has 0 aliphatic carbocycles. The van der Waals surface area contributed by atoms with Crippen molar-refractivity contribution < 1.29 is 28.1 Å². The maximum absolute atomic E-state index is 12.6. The number of carbonyl (C=O) groups excluding carboxylic acids is 1. The molecule has 0 radical (unpaired) electrons. The molecule has 126 valence electrons. The van der Waals surface area contributed by atoms with Crippen molar-refractivity contribution in [1.82, 2.24) is 10.4 Å². The minimum Gasteiger partial charge on any atom is -0.363 e.